The van der Waals surface area contributed by atoms with Gasteiger partial charge in [0.2, 0.25) is 12.1 Å². The third-order valence-electron chi connectivity index (χ3n) is 7.94. The Kier molecular flexibility index (Phi) is 17.0. The number of hydrogen-bond donors (Lipinski definition) is 4. The zero-order chi connectivity index (χ0) is 35.3. The van der Waals surface area contributed by atoms with Crippen LogP contribution in [0.25, 0.3) is 0 Å². The lowest BCUT2D eigenvalue weighted by Crippen LogP contribution is -2.65. The zero-order valence-corrected chi connectivity index (χ0v) is 28.3. The molecule has 0 spiro atoms. The standard InChI is InChI=1S/C32H54O15/c1-7-8-9-10-11-12-13-14-23(36)43-27-26(44-29(39)18(2)3)24(37)21(15-33)42-31(27)47-32(17-41-20(6)35)28(45-30(40)19(4)5)25(38)22(16-34)46-32/h18-19,21-22,24-28,31,33-34,37-38H,7-17H2,1-6H3. The van der Waals surface area contributed by atoms with Crippen molar-refractivity contribution < 1.29 is 72.8 Å². The molecule has 2 heterocycles. The fourth-order valence-corrected chi connectivity index (χ4v) is 5.16. The van der Waals surface area contributed by atoms with Gasteiger partial charge in [-0.05, 0) is 6.42 Å². The number of aliphatic hydroxyl groups excluding tert-OH is 4. The molecule has 0 radical (unpaired) electrons. The minimum atomic E-state index is -2.36. The molecule has 0 saturated carbocycles. The van der Waals surface area contributed by atoms with Crippen LogP contribution in [0.3, 0.4) is 0 Å². The van der Waals surface area contributed by atoms with Crippen LogP contribution in [0.15, 0.2) is 0 Å². The first kappa shape index (κ1) is 40.8. The normalized spacial score (nSPS) is 30.7. The van der Waals surface area contributed by atoms with E-state index in [1.165, 1.54) is 13.8 Å². The van der Waals surface area contributed by atoms with Crippen LogP contribution in [-0.4, -0.2) is 119 Å². The van der Waals surface area contributed by atoms with Crippen molar-refractivity contribution in [2.24, 2.45) is 11.8 Å². The molecule has 15 nitrogen and oxygen atoms in total. The van der Waals surface area contributed by atoms with Crippen molar-refractivity contribution in [1.82, 2.24) is 0 Å². The Labute approximate surface area is 276 Å². The molecular formula is C32H54O15. The molecule has 2 saturated heterocycles. The number of carbonyl (C=O) groups is 4. The SMILES string of the molecule is CCCCCCCCCC(=O)OC1C(OC2(COC(C)=O)OC(CO)C(O)C2OC(=O)C(C)C)OC(CO)C(O)C1OC(=O)C(C)C. The van der Waals surface area contributed by atoms with Crippen LogP contribution in [0.5, 0.6) is 0 Å². The maximum atomic E-state index is 13.1. The van der Waals surface area contributed by atoms with Gasteiger partial charge in [0.05, 0.1) is 25.0 Å². The highest BCUT2D eigenvalue weighted by atomic mass is 16.8. The van der Waals surface area contributed by atoms with Crippen molar-refractivity contribution in [3.8, 4) is 0 Å². The van der Waals surface area contributed by atoms with E-state index in [0.29, 0.717) is 6.42 Å². The van der Waals surface area contributed by atoms with Crippen molar-refractivity contribution in [2.75, 3.05) is 19.8 Å². The molecular weight excluding hydrogens is 624 g/mol. The molecule has 9 atom stereocenters. The highest BCUT2D eigenvalue weighted by molar-refractivity contribution is 5.72. The first-order valence-corrected chi connectivity index (χ1v) is 16.5. The molecule has 0 aromatic heterocycles. The fourth-order valence-electron chi connectivity index (χ4n) is 5.16. The Morgan fingerprint density at radius 2 is 1.34 bits per heavy atom. The lowest BCUT2D eigenvalue weighted by atomic mass is 9.97. The van der Waals surface area contributed by atoms with E-state index in [-0.39, 0.29) is 6.42 Å². The average Bonchev–Trinajstić information content (AvgIpc) is 3.28. The lowest BCUT2D eigenvalue weighted by molar-refractivity contribution is -0.384. The highest BCUT2D eigenvalue weighted by Crippen LogP contribution is 2.40. The molecule has 2 rings (SSSR count). The second-order valence-corrected chi connectivity index (χ2v) is 12.6. The minimum absolute atomic E-state index is 0.0175. The van der Waals surface area contributed by atoms with Gasteiger partial charge in [-0.15, -0.1) is 0 Å². The zero-order valence-electron chi connectivity index (χ0n) is 28.3. The number of aliphatic hydroxyl groups is 4. The van der Waals surface area contributed by atoms with Crippen molar-refractivity contribution >= 4 is 23.9 Å². The summed E-state index contributed by atoms with van der Waals surface area (Å²) in [6, 6.07) is 0. The van der Waals surface area contributed by atoms with E-state index in [2.05, 4.69) is 6.92 Å². The Bertz CT molecular complexity index is 1000. The van der Waals surface area contributed by atoms with Crippen molar-refractivity contribution in [3.05, 3.63) is 0 Å². The second kappa shape index (κ2) is 19.6. The summed E-state index contributed by atoms with van der Waals surface area (Å²) in [7, 11) is 0. The molecule has 47 heavy (non-hydrogen) atoms. The van der Waals surface area contributed by atoms with Crippen LogP contribution in [-0.2, 0) is 52.3 Å². The monoisotopic (exact) mass is 678 g/mol. The fraction of sp³-hybridized carbons (Fsp3) is 0.875. The summed E-state index contributed by atoms with van der Waals surface area (Å²) in [6.07, 6.45) is -6.45. The highest BCUT2D eigenvalue weighted by Gasteiger charge is 2.63. The molecule has 2 fully saturated rings. The van der Waals surface area contributed by atoms with Crippen LogP contribution in [0.2, 0.25) is 0 Å². The van der Waals surface area contributed by atoms with Gasteiger partial charge in [-0.3, -0.25) is 19.2 Å². The van der Waals surface area contributed by atoms with Crippen molar-refractivity contribution in [3.63, 3.8) is 0 Å². The van der Waals surface area contributed by atoms with Crippen LogP contribution in [0, 0.1) is 11.8 Å². The van der Waals surface area contributed by atoms with Gasteiger partial charge < -0.3 is 53.6 Å². The summed E-state index contributed by atoms with van der Waals surface area (Å²) < 4.78 is 39.8. The van der Waals surface area contributed by atoms with Gasteiger partial charge in [0.15, 0.2) is 18.3 Å². The smallest absolute Gasteiger partial charge is 0.308 e. The third kappa shape index (κ3) is 11.6. The predicted molar refractivity (Wildman–Crippen MR) is 162 cm³/mol. The van der Waals surface area contributed by atoms with Gasteiger partial charge in [0, 0.05) is 13.3 Å². The molecule has 0 amide bonds. The molecule has 15 heteroatoms. The molecule has 2 aliphatic rings. The van der Waals surface area contributed by atoms with Gasteiger partial charge in [0.1, 0.15) is 31.0 Å². The van der Waals surface area contributed by atoms with E-state index in [0.717, 1.165) is 45.4 Å². The molecule has 0 bridgehead atoms. The molecule has 4 N–H and O–H groups in total. The van der Waals surface area contributed by atoms with E-state index >= 15 is 0 Å². The molecule has 2 aliphatic heterocycles. The quantitative estimate of drug-likeness (QED) is 0.0860. The van der Waals surface area contributed by atoms with Crippen LogP contribution >= 0.6 is 0 Å². The molecule has 0 aliphatic carbocycles. The van der Waals surface area contributed by atoms with Crippen LogP contribution < -0.4 is 0 Å². The second-order valence-electron chi connectivity index (χ2n) is 12.6. The number of ether oxygens (including phenoxy) is 7. The van der Waals surface area contributed by atoms with E-state index in [4.69, 9.17) is 33.2 Å². The number of unbranched alkanes of at least 4 members (excludes halogenated alkanes) is 6. The topological polar surface area (TPSA) is 214 Å². The molecule has 0 aromatic carbocycles. The minimum Gasteiger partial charge on any atom is -0.460 e. The summed E-state index contributed by atoms with van der Waals surface area (Å²) in [4.78, 5) is 50.5. The average molecular weight is 679 g/mol. The molecule has 272 valence electrons. The van der Waals surface area contributed by atoms with E-state index in [9.17, 15) is 39.6 Å². The first-order valence-electron chi connectivity index (χ1n) is 16.5. The largest absolute Gasteiger partial charge is 0.460 e. The van der Waals surface area contributed by atoms with Gasteiger partial charge in [-0.2, -0.15) is 0 Å². The first-order chi connectivity index (χ1) is 22.2. The Morgan fingerprint density at radius 1 is 0.766 bits per heavy atom. The van der Waals surface area contributed by atoms with Gasteiger partial charge in [-0.1, -0.05) is 73.1 Å². The van der Waals surface area contributed by atoms with Crippen molar-refractivity contribution in [2.45, 2.75) is 148 Å². The maximum Gasteiger partial charge on any atom is 0.308 e. The van der Waals surface area contributed by atoms with Gasteiger partial charge in [-0.25, -0.2) is 0 Å². The van der Waals surface area contributed by atoms with Crippen LogP contribution in [0.1, 0.15) is 92.9 Å². The summed E-state index contributed by atoms with van der Waals surface area (Å²) in [5.74, 6) is -6.77. The summed E-state index contributed by atoms with van der Waals surface area (Å²) in [6.45, 7) is 7.03. The summed E-state index contributed by atoms with van der Waals surface area (Å²) in [5, 5.41) is 42.1. The van der Waals surface area contributed by atoms with Crippen molar-refractivity contribution in [1.29, 1.82) is 0 Å². The van der Waals surface area contributed by atoms with Gasteiger partial charge in [0.25, 0.3) is 0 Å². The number of carbonyl (C=O) groups excluding carboxylic acids is 4. The number of hydrogen-bond acceptors (Lipinski definition) is 15. The number of rotatable bonds is 19. The summed E-state index contributed by atoms with van der Waals surface area (Å²) in [5.41, 5.74) is 0. The van der Waals surface area contributed by atoms with E-state index in [1.807, 2.05) is 0 Å². The molecule has 9 unspecified atom stereocenters. The van der Waals surface area contributed by atoms with E-state index < -0.39 is 110 Å². The Balaban J connectivity index is 2.49. The van der Waals surface area contributed by atoms with Crippen LogP contribution in [0.4, 0.5) is 0 Å². The summed E-state index contributed by atoms with van der Waals surface area (Å²) >= 11 is 0. The lowest BCUT2D eigenvalue weighted by Gasteiger charge is -2.46. The Morgan fingerprint density at radius 3 is 1.89 bits per heavy atom. The van der Waals surface area contributed by atoms with E-state index in [1.54, 1.807) is 13.8 Å². The maximum absolute atomic E-state index is 13.1. The molecule has 0 aromatic rings. The van der Waals surface area contributed by atoms with Gasteiger partial charge >= 0.3 is 23.9 Å². The Hall–Kier alpha value is -2.40. The third-order valence-corrected chi connectivity index (χ3v) is 7.94. The number of esters is 4. The predicted octanol–water partition coefficient (Wildman–Crippen LogP) is 1.28.